The van der Waals surface area contributed by atoms with Gasteiger partial charge in [-0.25, -0.2) is 4.98 Å². The molecule has 0 aliphatic heterocycles. The highest BCUT2D eigenvalue weighted by Gasteiger charge is 2.20. The van der Waals surface area contributed by atoms with E-state index in [1.54, 1.807) is 22.4 Å². The standard InChI is InChI=1S/C18H25N3O3S/c1-3-5-9-19-17(22)14-13-25-16(20-14)12-21(10-6-4-2)18(23)15-8-7-11-24-15/h7-8,11,13H,3-6,9-10,12H2,1-2H3,(H,19,22). The third kappa shape index (κ3) is 5.70. The van der Waals surface area contributed by atoms with Crippen LogP contribution in [0, 0.1) is 0 Å². The Kier molecular flexibility index (Phi) is 7.66. The fourth-order valence-corrected chi connectivity index (χ4v) is 3.07. The average molecular weight is 363 g/mol. The Labute approximate surface area is 152 Å². The molecule has 7 heteroatoms. The summed E-state index contributed by atoms with van der Waals surface area (Å²) in [4.78, 5) is 30.7. The molecule has 2 amide bonds. The lowest BCUT2D eigenvalue weighted by Gasteiger charge is -2.20. The second kappa shape index (κ2) is 9.98. The third-order valence-corrected chi connectivity index (χ3v) is 4.56. The second-order valence-electron chi connectivity index (χ2n) is 5.79. The number of thiazole rings is 1. The Bertz CT molecular complexity index is 667. The van der Waals surface area contributed by atoms with Crippen molar-refractivity contribution < 1.29 is 14.0 Å². The van der Waals surface area contributed by atoms with E-state index in [9.17, 15) is 9.59 Å². The van der Waals surface area contributed by atoms with E-state index >= 15 is 0 Å². The summed E-state index contributed by atoms with van der Waals surface area (Å²) in [6, 6.07) is 3.36. The molecule has 0 aromatic carbocycles. The Balaban J connectivity index is 2.01. The van der Waals surface area contributed by atoms with Gasteiger partial charge in [-0.15, -0.1) is 11.3 Å². The molecule has 0 saturated carbocycles. The zero-order valence-corrected chi connectivity index (χ0v) is 15.6. The maximum Gasteiger partial charge on any atom is 0.289 e. The molecule has 25 heavy (non-hydrogen) atoms. The number of nitrogens with zero attached hydrogens (tertiary/aromatic N) is 2. The van der Waals surface area contributed by atoms with Gasteiger partial charge in [0.1, 0.15) is 10.7 Å². The van der Waals surface area contributed by atoms with Crippen LogP contribution in [0.15, 0.2) is 28.2 Å². The Morgan fingerprint density at radius 2 is 2.08 bits per heavy atom. The molecule has 136 valence electrons. The minimum absolute atomic E-state index is 0.150. The van der Waals surface area contributed by atoms with Crippen molar-refractivity contribution in [3.05, 3.63) is 40.2 Å². The van der Waals surface area contributed by atoms with E-state index in [0.717, 1.165) is 30.7 Å². The minimum Gasteiger partial charge on any atom is -0.459 e. The molecule has 0 aliphatic carbocycles. The van der Waals surface area contributed by atoms with Gasteiger partial charge in [0.05, 0.1) is 12.8 Å². The van der Waals surface area contributed by atoms with Gasteiger partial charge in [0, 0.05) is 18.5 Å². The fourth-order valence-electron chi connectivity index (χ4n) is 2.28. The fraction of sp³-hybridized carbons (Fsp3) is 0.500. The summed E-state index contributed by atoms with van der Waals surface area (Å²) in [7, 11) is 0. The van der Waals surface area contributed by atoms with Crippen molar-refractivity contribution >= 4 is 23.2 Å². The number of amides is 2. The molecule has 2 rings (SSSR count). The number of hydrogen-bond donors (Lipinski definition) is 1. The zero-order chi connectivity index (χ0) is 18.1. The van der Waals surface area contributed by atoms with E-state index < -0.39 is 0 Å². The van der Waals surface area contributed by atoms with Gasteiger partial charge in [-0.1, -0.05) is 26.7 Å². The smallest absolute Gasteiger partial charge is 0.289 e. The number of rotatable bonds is 10. The van der Waals surface area contributed by atoms with Crippen molar-refractivity contribution in [2.75, 3.05) is 13.1 Å². The van der Waals surface area contributed by atoms with Crippen LogP contribution in [0.2, 0.25) is 0 Å². The molecule has 6 nitrogen and oxygen atoms in total. The number of nitrogens with one attached hydrogen (secondary N) is 1. The van der Waals surface area contributed by atoms with Crippen LogP contribution >= 0.6 is 11.3 Å². The summed E-state index contributed by atoms with van der Waals surface area (Å²) in [5.41, 5.74) is 0.414. The predicted molar refractivity (Wildman–Crippen MR) is 97.7 cm³/mol. The van der Waals surface area contributed by atoms with Crippen LogP contribution in [0.3, 0.4) is 0 Å². The second-order valence-corrected chi connectivity index (χ2v) is 6.74. The molecule has 1 N–H and O–H groups in total. The van der Waals surface area contributed by atoms with E-state index in [4.69, 9.17) is 4.42 Å². The SMILES string of the molecule is CCCCNC(=O)c1csc(CN(CCCC)C(=O)c2ccco2)n1. The Morgan fingerprint density at radius 1 is 1.28 bits per heavy atom. The van der Waals surface area contributed by atoms with Crippen molar-refractivity contribution in [1.29, 1.82) is 0 Å². The van der Waals surface area contributed by atoms with Crippen molar-refractivity contribution in [2.24, 2.45) is 0 Å². The number of unbranched alkanes of at least 4 members (excludes halogenated alkanes) is 2. The summed E-state index contributed by atoms with van der Waals surface area (Å²) < 4.78 is 5.22. The topological polar surface area (TPSA) is 75.4 Å². The van der Waals surface area contributed by atoms with Gasteiger partial charge in [0.25, 0.3) is 11.8 Å². The summed E-state index contributed by atoms with van der Waals surface area (Å²) in [6.45, 7) is 5.83. The lowest BCUT2D eigenvalue weighted by Crippen LogP contribution is -2.31. The summed E-state index contributed by atoms with van der Waals surface area (Å²) >= 11 is 1.40. The first-order valence-corrected chi connectivity index (χ1v) is 9.59. The molecule has 0 aliphatic rings. The van der Waals surface area contributed by atoms with E-state index in [2.05, 4.69) is 24.1 Å². The largest absolute Gasteiger partial charge is 0.459 e. The van der Waals surface area contributed by atoms with Crippen molar-refractivity contribution in [3.8, 4) is 0 Å². The van der Waals surface area contributed by atoms with Crippen molar-refractivity contribution in [1.82, 2.24) is 15.2 Å². The van der Waals surface area contributed by atoms with Crippen LogP contribution in [-0.4, -0.2) is 34.8 Å². The molecular formula is C18H25N3O3S. The third-order valence-electron chi connectivity index (χ3n) is 3.73. The van der Waals surface area contributed by atoms with Crippen LogP contribution in [0.1, 0.15) is 65.6 Å². The van der Waals surface area contributed by atoms with Crippen LogP contribution in [0.5, 0.6) is 0 Å². The number of aromatic nitrogens is 1. The molecule has 0 bridgehead atoms. The molecule has 0 spiro atoms. The number of carbonyl (C=O) groups is 2. The van der Waals surface area contributed by atoms with Gasteiger partial charge in [-0.3, -0.25) is 9.59 Å². The van der Waals surface area contributed by atoms with Gasteiger partial charge >= 0.3 is 0 Å². The molecule has 0 unspecified atom stereocenters. The molecule has 0 fully saturated rings. The Morgan fingerprint density at radius 3 is 2.76 bits per heavy atom. The van der Waals surface area contributed by atoms with Gasteiger partial charge < -0.3 is 14.6 Å². The molecular weight excluding hydrogens is 338 g/mol. The number of furan rings is 1. The van der Waals surface area contributed by atoms with E-state index in [1.165, 1.54) is 17.6 Å². The summed E-state index contributed by atoms with van der Waals surface area (Å²) in [6.07, 6.45) is 5.37. The average Bonchev–Trinajstić information content (AvgIpc) is 3.30. The first-order valence-electron chi connectivity index (χ1n) is 8.71. The van der Waals surface area contributed by atoms with Crippen LogP contribution in [-0.2, 0) is 6.54 Å². The molecule has 2 aromatic heterocycles. The minimum atomic E-state index is -0.159. The lowest BCUT2D eigenvalue weighted by molar-refractivity contribution is 0.0708. The monoisotopic (exact) mass is 363 g/mol. The highest BCUT2D eigenvalue weighted by Crippen LogP contribution is 2.16. The van der Waals surface area contributed by atoms with E-state index in [-0.39, 0.29) is 11.8 Å². The summed E-state index contributed by atoms with van der Waals surface area (Å²) in [5, 5.41) is 5.34. The predicted octanol–water partition coefficient (Wildman–Crippen LogP) is 3.71. The van der Waals surface area contributed by atoms with Crippen LogP contribution in [0.25, 0.3) is 0 Å². The molecule has 0 radical (unpaired) electrons. The molecule has 0 saturated heterocycles. The zero-order valence-electron chi connectivity index (χ0n) is 14.8. The summed E-state index contributed by atoms with van der Waals surface area (Å²) in [5.74, 6) is 0.0150. The maximum absolute atomic E-state index is 12.6. The molecule has 2 aromatic rings. The Hall–Kier alpha value is -2.15. The first-order chi connectivity index (χ1) is 12.2. The van der Waals surface area contributed by atoms with Gasteiger partial charge in [0.15, 0.2) is 5.76 Å². The van der Waals surface area contributed by atoms with Crippen LogP contribution in [0.4, 0.5) is 0 Å². The highest BCUT2D eigenvalue weighted by molar-refractivity contribution is 7.09. The lowest BCUT2D eigenvalue weighted by atomic mass is 10.3. The van der Waals surface area contributed by atoms with Crippen LogP contribution < -0.4 is 5.32 Å². The molecule has 0 atom stereocenters. The van der Waals surface area contributed by atoms with Gasteiger partial charge in [-0.05, 0) is 25.0 Å². The van der Waals surface area contributed by atoms with Crippen molar-refractivity contribution in [2.45, 2.75) is 46.1 Å². The quantitative estimate of drug-likeness (QED) is 0.653. The highest BCUT2D eigenvalue weighted by atomic mass is 32.1. The van der Waals surface area contributed by atoms with Gasteiger partial charge in [-0.2, -0.15) is 0 Å². The molecule has 2 heterocycles. The van der Waals surface area contributed by atoms with Crippen molar-refractivity contribution in [3.63, 3.8) is 0 Å². The number of carbonyl (C=O) groups excluding carboxylic acids is 2. The maximum atomic E-state index is 12.6. The van der Waals surface area contributed by atoms with Gasteiger partial charge in [0.2, 0.25) is 0 Å². The first kappa shape index (κ1) is 19.2. The normalized spacial score (nSPS) is 10.6. The number of hydrogen-bond acceptors (Lipinski definition) is 5. The van der Waals surface area contributed by atoms with E-state index in [0.29, 0.717) is 31.1 Å². The van der Waals surface area contributed by atoms with E-state index in [1.807, 2.05) is 0 Å².